The Balaban J connectivity index is 1.70. The second kappa shape index (κ2) is 7.36. The van der Waals surface area contributed by atoms with E-state index in [0.717, 1.165) is 36.8 Å². The fourth-order valence-electron chi connectivity index (χ4n) is 3.48. The van der Waals surface area contributed by atoms with Crippen LogP contribution in [0.5, 0.6) is 0 Å². The lowest BCUT2D eigenvalue weighted by atomic mass is 9.97. The van der Waals surface area contributed by atoms with Gasteiger partial charge in [0, 0.05) is 19.2 Å². The lowest BCUT2D eigenvalue weighted by Gasteiger charge is -2.26. The molecule has 1 N–H and O–H groups in total. The molecule has 2 aromatic carbocycles. The van der Waals surface area contributed by atoms with Crippen LogP contribution in [0.2, 0.25) is 0 Å². The van der Waals surface area contributed by atoms with Crippen LogP contribution in [0, 0.1) is 5.82 Å². The molecule has 132 valence electrons. The number of hydrogen-bond donors (Lipinski definition) is 1. The van der Waals surface area contributed by atoms with E-state index in [1.165, 1.54) is 12.1 Å². The maximum atomic E-state index is 13.4. The average Bonchev–Trinajstić information content (AvgIpc) is 3.06. The van der Waals surface area contributed by atoms with Gasteiger partial charge in [0.25, 0.3) is 5.91 Å². The zero-order chi connectivity index (χ0) is 17.9. The standard InChI is InChI=1S/C21H24FNO2/c1-23(13-12-21(25)10-2-3-11-21)20(24)18-8-4-6-16(14-18)17-7-5-9-19(22)15-17/h4-9,14-15,25H,2-3,10-13H2,1H3. The Kier molecular flexibility index (Phi) is 5.19. The third-order valence-corrected chi connectivity index (χ3v) is 5.06. The van der Waals surface area contributed by atoms with Crippen molar-refractivity contribution in [2.24, 2.45) is 0 Å². The molecule has 25 heavy (non-hydrogen) atoms. The van der Waals surface area contributed by atoms with E-state index in [0.29, 0.717) is 18.5 Å². The second-order valence-electron chi connectivity index (χ2n) is 7.00. The van der Waals surface area contributed by atoms with Crippen LogP contribution >= 0.6 is 0 Å². The number of hydrogen-bond acceptors (Lipinski definition) is 2. The summed E-state index contributed by atoms with van der Waals surface area (Å²) in [6, 6.07) is 13.6. The molecule has 0 saturated heterocycles. The molecule has 0 unspecified atom stereocenters. The summed E-state index contributed by atoms with van der Waals surface area (Å²) in [6.45, 7) is 0.527. The minimum absolute atomic E-state index is 0.0835. The highest BCUT2D eigenvalue weighted by molar-refractivity contribution is 5.95. The van der Waals surface area contributed by atoms with Gasteiger partial charge >= 0.3 is 0 Å². The van der Waals surface area contributed by atoms with Gasteiger partial charge < -0.3 is 10.0 Å². The smallest absolute Gasteiger partial charge is 0.253 e. The van der Waals surface area contributed by atoms with Gasteiger partial charge in [0.1, 0.15) is 5.82 Å². The normalized spacial score (nSPS) is 16.0. The van der Waals surface area contributed by atoms with E-state index in [1.807, 2.05) is 18.2 Å². The monoisotopic (exact) mass is 341 g/mol. The molecule has 0 radical (unpaired) electrons. The molecule has 1 amide bonds. The van der Waals surface area contributed by atoms with E-state index in [1.54, 1.807) is 30.1 Å². The van der Waals surface area contributed by atoms with Crippen molar-refractivity contribution in [3.05, 3.63) is 59.9 Å². The Morgan fingerprint density at radius 1 is 1.12 bits per heavy atom. The van der Waals surface area contributed by atoms with Crippen LogP contribution < -0.4 is 0 Å². The van der Waals surface area contributed by atoms with Gasteiger partial charge in [-0.2, -0.15) is 0 Å². The summed E-state index contributed by atoms with van der Waals surface area (Å²) in [5.74, 6) is -0.379. The molecule has 1 saturated carbocycles. The molecule has 0 spiro atoms. The van der Waals surface area contributed by atoms with Crippen molar-refractivity contribution in [3.8, 4) is 11.1 Å². The minimum Gasteiger partial charge on any atom is -0.390 e. The summed E-state index contributed by atoms with van der Waals surface area (Å²) in [4.78, 5) is 14.3. The number of nitrogens with zero attached hydrogens (tertiary/aromatic N) is 1. The van der Waals surface area contributed by atoms with Crippen molar-refractivity contribution in [2.75, 3.05) is 13.6 Å². The largest absolute Gasteiger partial charge is 0.390 e. The van der Waals surface area contributed by atoms with Crippen molar-refractivity contribution < 1.29 is 14.3 Å². The molecule has 0 aliphatic heterocycles. The van der Waals surface area contributed by atoms with E-state index in [9.17, 15) is 14.3 Å². The first-order chi connectivity index (χ1) is 12.0. The molecule has 0 heterocycles. The number of benzene rings is 2. The van der Waals surface area contributed by atoms with Gasteiger partial charge in [0.15, 0.2) is 0 Å². The second-order valence-corrected chi connectivity index (χ2v) is 7.00. The molecular weight excluding hydrogens is 317 g/mol. The molecule has 0 bridgehead atoms. The van der Waals surface area contributed by atoms with Crippen molar-refractivity contribution >= 4 is 5.91 Å². The molecule has 1 fully saturated rings. The minimum atomic E-state index is -0.613. The Morgan fingerprint density at radius 3 is 2.44 bits per heavy atom. The lowest BCUT2D eigenvalue weighted by Crippen LogP contribution is -2.34. The van der Waals surface area contributed by atoms with Crippen LogP contribution in [-0.2, 0) is 0 Å². The maximum absolute atomic E-state index is 13.4. The van der Waals surface area contributed by atoms with Crippen LogP contribution in [0.15, 0.2) is 48.5 Å². The van der Waals surface area contributed by atoms with E-state index < -0.39 is 5.60 Å². The molecule has 1 aliphatic carbocycles. The van der Waals surface area contributed by atoms with Crippen molar-refractivity contribution in [3.63, 3.8) is 0 Å². The number of carbonyl (C=O) groups is 1. The van der Waals surface area contributed by atoms with Crippen LogP contribution in [-0.4, -0.2) is 35.1 Å². The fraction of sp³-hybridized carbons (Fsp3) is 0.381. The predicted molar refractivity (Wildman–Crippen MR) is 96.8 cm³/mol. The summed E-state index contributed by atoms with van der Waals surface area (Å²) in [7, 11) is 1.76. The molecule has 1 aliphatic rings. The average molecular weight is 341 g/mol. The maximum Gasteiger partial charge on any atom is 0.253 e. The zero-order valence-electron chi connectivity index (χ0n) is 14.5. The SMILES string of the molecule is CN(CCC1(O)CCCC1)C(=O)c1cccc(-c2cccc(F)c2)c1. The summed E-state index contributed by atoms with van der Waals surface area (Å²) in [5, 5.41) is 10.4. The Hall–Kier alpha value is -2.20. The fourth-order valence-corrected chi connectivity index (χ4v) is 3.48. The third kappa shape index (κ3) is 4.26. The van der Waals surface area contributed by atoms with E-state index in [2.05, 4.69) is 0 Å². The highest BCUT2D eigenvalue weighted by Crippen LogP contribution is 2.32. The first-order valence-electron chi connectivity index (χ1n) is 8.81. The first kappa shape index (κ1) is 17.6. The first-order valence-corrected chi connectivity index (χ1v) is 8.81. The summed E-state index contributed by atoms with van der Waals surface area (Å²) >= 11 is 0. The molecule has 0 atom stereocenters. The number of amides is 1. The molecular formula is C21H24FNO2. The molecule has 2 aromatic rings. The summed E-state index contributed by atoms with van der Waals surface area (Å²) < 4.78 is 13.4. The van der Waals surface area contributed by atoms with Crippen molar-refractivity contribution in [1.29, 1.82) is 0 Å². The van der Waals surface area contributed by atoms with Crippen LogP contribution in [0.4, 0.5) is 4.39 Å². The van der Waals surface area contributed by atoms with E-state index >= 15 is 0 Å². The van der Waals surface area contributed by atoms with Gasteiger partial charge in [-0.1, -0.05) is 37.1 Å². The van der Waals surface area contributed by atoms with Crippen LogP contribution in [0.25, 0.3) is 11.1 Å². The van der Waals surface area contributed by atoms with Gasteiger partial charge in [0.2, 0.25) is 0 Å². The topological polar surface area (TPSA) is 40.5 Å². The molecule has 3 nitrogen and oxygen atoms in total. The molecule has 4 heteroatoms. The van der Waals surface area contributed by atoms with Crippen molar-refractivity contribution in [2.45, 2.75) is 37.7 Å². The number of aliphatic hydroxyl groups is 1. The molecule has 3 rings (SSSR count). The summed E-state index contributed by atoms with van der Waals surface area (Å²) in [5.41, 5.74) is 1.52. The van der Waals surface area contributed by atoms with Gasteiger partial charge in [0.05, 0.1) is 5.60 Å². The number of rotatable bonds is 5. The van der Waals surface area contributed by atoms with E-state index in [4.69, 9.17) is 0 Å². The predicted octanol–water partition coefficient (Wildman–Crippen LogP) is 4.26. The van der Waals surface area contributed by atoms with Gasteiger partial charge in [-0.3, -0.25) is 4.79 Å². The highest BCUT2D eigenvalue weighted by atomic mass is 19.1. The lowest BCUT2D eigenvalue weighted by molar-refractivity contribution is 0.0296. The Bertz CT molecular complexity index is 753. The quantitative estimate of drug-likeness (QED) is 0.883. The number of carbonyl (C=O) groups excluding carboxylic acids is 1. The van der Waals surface area contributed by atoms with Gasteiger partial charge in [-0.15, -0.1) is 0 Å². The highest BCUT2D eigenvalue weighted by Gasteiger charge is 2.31. The van der Waals surface area contributed by atoms with Crippen molar-refractivity contribution in [1.82, 2.24) is 4.90 Å². The van der Waals surface area contributed by atoms with Crippen LogP contribution in [0.1, 0.15) is 42.5 Å². The van der Waals surface area contributed by atoms with Gasteiger partial charge in [-0.05, 0) is 54.7 Å². The zero-order valence-corrected chi connectivity index (χ0v) is 14.5. The van der Waals surface area contributed by atoms with Gasteiger partial charge in [-0.25, -0.2) is 4.39 Å². The third-order valence-electron chi connectivity index (χ3n) is 5.06. The molecule has 0 aromatic heterocycles. The van der Waals surface area contributed by atoms with E-state index in [-0.39, 0.29) is 11.7 Å². The Morgan fingerprint density at radius 2 is 1.76 bits per heavy atom. The summed E-state index contributed by atoms with van der Waals surface area (Å²) in [6.07, 6.45) is 4.38. The number of halogens is 1. The Labute approximate surface area is 148 Å². The van der Waals surface area contributed by atoms with Crippen LogP contribution in [0.3, 0.4) is 0 Å².